The molecule has 1 heteroatoms. The van der Waals surface area contributed by atoms with Crippen molar-refractivity contribution in [3.63, 3.8) is 0 Å². The lowest BCUT2D eigenvalue weighted by atomic mass is 9.75. The topological polar surface area (TPSA) is 3.24 Å². The average molecular weight is 207 g/mol. The minimum absolute atomic E-state index is 0.492. The Morgan fingerprint density at radius 2 is 1.60 bits per heavy atom. The summed E-state index contributed by atoms with van der Waals surface area (Å²) in [5.74, 6) is 0.880. The van der Waals surface area contributed by atoms with Crippen LogP contribution in [0.2, 0.25) is 0 Å². The number of nitrogens with zero attached hydrogens (tertiary/aromatic N) is 1. The molecule has 0 radical (unpaired) electrons. The van der Waals surface area contributed by atoms with Crippen LogP contribution in [0.4, 0.5) is 0 Å². The zero-order valence-corrected chi connectivity index (χ0v) is 11.1. The van der Waals surface area contributed by atoms with E-state index in [9.17, 15) is 0 Å². The molecule has 1 aliphatic heterocycles. The molecule has 3 aliphatic rings. The summed E-state index contributed by atoms with van der Waals surface area (Å²) in [6.07, 6.45) is 2.85. The highest BCUT2D eigenvalue weighted by atomic mass is 15.3. The van der Waals surface area contributed by atoms with Gasteiger partial charge in [-0.3, -0.25) is 4.90 Å². The first-order valence-corrected chi connectivity index (χ1v) is 6.41. The Morgan fingerprint density at radius 3 is 2.20 bits per heavy atom. The Hall–Kier alpha value is -0.0400. The van der Waals surface area contributed by atoms with Gasteiger partial charge in [-0.25, -0.2) is 0 Å². The quantitative estimate of drug-likeness (QED) is 0.590. The highest BCUT2D eigenvalue weighted by molar-refractivity contribution is 5.29. The van der Waals surface area contributed by atoms with Crippen molar-refractivity contribution in [2.24, 2.45) is 22.2 Å². The Balaban J connectivity index is 2.05. The first kappa shape index (κ1) is 10.1. The van der Waals surface area contributed by atoms with Gasteiger partial charge in [0.15, 0.2) is 0 Å². The van der Waals surface area contributed by atoms with Crippen LogP contribution in [0.3, 0.4) is 0 Å². The Labute approximate surface area is 94.2 Å². The first-order valence-electron chi connectivity index (χ1n) is 6.41. The Kier molecular flexibility index (Phi) is 1.46. The molecule has 0 aromatic heterocycles. The molecule has 0 N–H and O–H groups in total. The van der Waals surface area contributed by atoms with E-state index in [0.29, 0.717) is 21.8 Å². The summed E-state index contributed by atoms with van der Waals surface area (Å²) < 4.78 is 0. The standard InChI is InChI=1S/C14H25N/c1-10-12(3)7-11(12,2)9-15(6)14(5)8-13(10,14)4/h10H,7-9H2,1-6H3. The normalized spacial score (nSPS) is 68.0. The molecule has 0 spiro atoms. The van der Waals surface area contributed by atoms with E-state index in [1.807, 2.05) is 0 Å². The van der Waals surface area contributed by atoms with Gasteiger partial charge in [0.25, 0.3) is 0 Å². The van der Waals surface area contributed by atoms with E-state index in [-0.39, 0.29) is 0 Å². The zero-order valence-electron chi connectivity index (χ0n) is 11.1. The molecule has 0 amide bonds. The molecule has 5 unspecified atom stereocenters. The molecule has 0 bridgehead atoms. The SMILES string of the molecule is CC1C2(C)CC2(C)CN(C)C2(C)CC12C. The molecule has 5 atom stereocenters. The maximum absolute atomic E-state index is 2.65. The van der Waals surface area contributed by atoms with Crippen LogP contribution in [0.1, 0.15) is 47.5 Å². The highest BCUT2D eigenvalue weighted by Crippen LogP contribution is 2.79. The number of hydrogen-bond donors (Lipinski definition) is 0. The number of hydrogen-bond acceptors (Lipinski definition) is 1. The molecular formula is C14H25N. The monoisotopic (exact) mass is 207 g/mol. The highest BCUT2D eigenvalue weighted by Gasteiger charge is 2.77. The van der Waals surface area contributed by atoms with Crippen LogP contribution in [-0.4, -0.2) is 24.0 Å². The molecule has 86 valence electrons. The summed E-state index contributed by atoms with van der Waals surface area (Å²) in [6, 6.07) is 0. The van der Waals surface area contributed by atoms with Crippen LogP contribution in [0.5, 0.6) is 0 Å². The minimum atomic E-state index is 0.492. The van der Waals surface area contributed by atoms with Crippen LogP contribution in [-0.2, 0) is 0 Å². The molecule has 15 heavy (non-hydrogen) atoms. The van der Waals surface area contributed by atoms with Crippen LogP contribution in [0.15, 0.2) is 0 Å². The van der Waals surface area contributed by atoms with E-state index < -0.39 is 0 Å². The summed E-state index contributed by atoms with van der Waals surface area (Å²) >= 11 is 0. The largest absolute Gasteiger partial charge is 0.300 e. The summed E-state index contributed by atoms with van der Waals surface area (Å²) in [5.41, 5.74) is 2.28. The van der Waals surface area contributed by atoms with E-state index in [2.05, 4.69) is 46.6 Å². The molecule has 1 nitrogen and oxygen atoms in total. The third-order valence-corrected chi connectivity index (χ3v) is 7.17. The van der Waals surface area contributed by atoms with E-state index in [1.165, 1.54) is 19.4 Å². The molecule has 0 aromatic carbocycles. The Morgan fingerprint density at radius 1 is 1.00 bits per heavy atom. The van der Waals surface area contributed by atoms with Crippen LogP contribution >= 0.6 is 0 Å². The number of fused-ring (bicyclic) bond motifs is 2. The van der Waals surface area contributed by atoms with Crippen LogP contribution < -0.4 is 0 Å². The molecule has 1 heterocycles. The van der Waals surface area contributed by atoms with Gasteiger partial charge in [0.1, 0.15) is 0 Å². The molecule has 1 saturated heterocycles. The molecule has 3 fully saturated rings. The zero-order chi connectivity index (χ0) is 11.3. The van der Waals surface area contributed by atoms with Crippen LogP contribution in [0.25, 0.3) is 0 Å². The van der Waals surface area contributed by atoms with Crippen LogP contribution in [0, 0.1) is 22.2 Å². The van der Waals surface area contributed by atoms with Gasteiger partial charge in [0.05, 0.1) is 0 Å². The summed E-state index contributed by atoms with van der Waals surface area (Å²) in [4.78, 5) is 2.65. The van der Waals surface area contributed by atoms with Gasteiger partial charge in [-0.2, -0.15) is 0 Å². The molecule has 2 saturated carbocycles. The lowest BCUT2D eigenvalue weighted by Gasteiger charge is -2.31. The lowest BCUT2D eigenvalue weighted by Crippen LogP contribution is -2.38. The molecule has 2 aliphatic carbocycles. The minimum Gasteiger partial charge on any atom is -0.300 e. The fourth-order valence-corrected chi connectivity index (χ4v) is 4.94. The summed E-state index contributed by atoms with van der Waals surface area (Å²) in [7, 11) is 2.34. The third-order valence-electron chi connectivity index (χ3n) is 7.17. The smallest absolute Gasteiger partial charge is 0.0241 e. The van der Waals surface area contributed by atoms with E-state index in [1.54, 1.807) is 0 Å². The second-order valence-electron chi connectivity index (χ2n) is 7.60. The Bertz CT molecular complexity index is 338. The molecule has 3 rings (SSSR count). The predicted molar refractivity (Wildman–Crippen MR) is 63.8 cm³/mol. The predicted octanol–water partition coefficient (Wildman–Crippen LogP) is 3.15. The van der Waals surface area contributed by atoms with Crippen molar-refractivity contribution in [1.29, 1.82) is 0 Å². The number of rotatable bonds is 0. The van der Waals surface area contributed by atoms with Crippen molar-refractivity contribution in [2.45, 2.75) is 53.0 Å². The van der Waals surface area contributed by atoms with E-state index in [0.717, 1.165) is 5.92 Å². The maximum atomic E-state index is 2.65. The second-order valence-corrected chi connectivity index (χ2v) is 7.60. The fraction of sp³-hybridized carbons (Fsp3) is 1.00. The summed E-state index contributed by atoms with van der Waals surface area (Å²) in [5, 5.41) is 0. The number of likely N-dealkylation sites (tertiary alicyclic amines) is 1. The van der Waals surface area contributed by atoms with E-state index in [4.69, 9.17) is 0 Å². The van der Waals surface area contributed by atoms with Crippen molar-refractivity contribution >= 4 is 0 Å². The first-order chi connectivity index (χ1) is 6.70. The van der Waals surface area contributed by atoms with Gasteiger partial charge in [-0.1, -0.05) is 27.7 Å². The summed E-state index contributed by atoms with van der Waals surface area (Å²) in [6.45, 7) is 13.8. The van der Waals surface area contributed by atoms with Gasteiger partial charge in [-0.05, 0) is 49.0 Å². The van der Waals surface area contributed by atoms with Gasteiger partial charge >= 0.3 is 0 Å². The van der Waals surface area contributed by atoms with Crippen molar-refractivity contribution in [3.05, 3.63) is 0 Å². The average Bonchev–Trinajstić information content (AvgIpc) is 2.87. The van der Waals surface area contributed by atoms with E-state index >= 15 is 0 Å². The lowest BCUT2D eigenvalue weighted by molar-refractivity contribution is 0.161. The van der Waals surface area contributed by atoms with Gasteiger partial charge < -0.3 is 0 Å². The molecular weight excluding hydrogens is 182 g/mol. The maximum Gasteiger partial charge on any atom is 0.0241 e. The third kappa shape index (κ3) is 0.833. The van der Waals surface area contributed by atoms with Crippen molar-refractivity contribution < 1.29 is 0 Å². The van der Waals surface area contributed by atoms with Crippen molar-refractivity contribution in [3.8, 4) is 0 Å². The molecule has 0 aromatic rings. The van der Waals surface area contributed by atoms with Gasteiger partial charge in [0, 0.05) is 12.1 Å². The van der Waals surface area contributed by atoms with Gasteiger partial charge in [-0.15, -0.1) is 0 Å². The van der Waals surface area contributed by atoms with Crippen molar-refractivity contribution in [1.82, 2.24) is 4.90 Å². The fourth-order valence-electron chi connectivity index (χ4n) is 4.94. The van der Waals surface area contributed by atoms with Gasteiger partial charge in [0.2, 0.25) is 0 Å². The second kappa shape index (κ2) is 2.16. The van der Waals surface area contributed by atoms with Crippen molar-refractivity contribution in [2.75, 3.05) is 13.6 Å².